The first kappa shape index (κ1) is 18.3. The van der Waals surface area contributed by atoms with E-state index in [1.54, 1.807) is 24.4 Å². The normalized spacial score (nSPS) is 16.0. The molecule has 1 fully saturated rings. The van der Waals surface area contributed by atoms with E-state index in [9.17, 15) is 8.42 Å². The van der Waals surface area contributed by atoms with E-state index in [-0.39, 0.29) is 4.90 Å². The second-order valence-corrected chi connectivity index (χ2v) is 9.15. The summed E-state index contributed by atoms with van der Waals surface area (Å²) in [5.74, 6) is 0.792. The highest BCUT2D eigenvalue weighted by Crippen LogP contribution is 2.28. The minimum absolute atomic E-state index is 0.260. The highest BCUT2D eigenvalue weighted by atomic mass is 35.5. The van der Waals surface area contributed by atoms with Crippen LogP contribution in [0.1, 0.15) is 0 Å². The van der Waals surface area contributed by atoms with E-state index < -0.39 is 10.0 Å². The van der Waals surface area contributed by atoms with E-state index in [1.165, 1.54) is 16.8 Å². The number of halogens is 1. The first-order chi connectivity index (χ1) is 14.0. The third-order valence-electron chi connectivity index (χ3n) is 5.15. The van der Waals surface area contributed by atoms with Crippen LogP contribution >= 0.6 is 11.6 Å². The molecule has 0 spiro atoms. The number of H-pyrrole nitrogens is 1. The van der Waals surface area contributed by atoms with Gasteiger partial charge in [-0.05, 0) is 30.3 Å². The molecule has 0 unspecified atom stereocenters. The van der Waals surface area contributed by atoms with Crippen molar-refractivity contribution in [2.45, 2.75) is 4.90 Å². The van der Waals surface area contributed by atoms with Crippen LogP contribution in [0.25, 0.3) is 21.9 Å². The molecule has 0 aliphatic carbocycles. The topological polar surface area (TPSA) is 95.1 Å². The summed E-state index contributed by atoms with van der Waals surface area (Å²) in [5, 5.41) is 2.12. The van der Waals surface area contributed by atoms with E-state index in [1.807, 2.05) is 12.1 Å². The molecule has 0 bridgehead atoms. The van der Waals surface area contributed by atoms with Crippen molar-refractivity contribution in [3.63, 3.8) is 0 Å². The Bertz CT molecular complexity index is 1310. The molecule has 29 heavy (non-hydrogen) atoms. The molecule has 1 aromatic carbocycles. The number of fused-ring (bicyclic) bond motifs is 2. The average Bonchev–Trinajstić information content (AvgIpc) is 3.18. The predicted molar refractivity (Wildman–Crippen MR) is 112 cm³/mol. The third-order valence-corrected chi connectivity index (χ3v) is 7.32. The van der Waals surface area contributed by atoms with Crippen molar-refractivity contribution in [2.75, 3.05) is 31.1 Å². The number of rotatable bonds is 3. The Kier molecular flexibility index (Phi) is 4.38. The van der Waals surface area contributed by atoms with Gasteiger partial charge in [-0.2, -0.15) is 4.31 Å². The largest absolute Gasteiger partial charge is 0.353 e. The zero-order chi connectivity index (χ0) is 20.0. The molecular formula is C19H17ClN6O2S. The zero-order valence-electron chi connectivity index (χ0n) is 15.3. The van der Waals surface area contributed by atoms with Crippen LogP contribution in [0.3, 0.4) is 0 Å². The number of aromatic amines is 1. The minimum Gasteiger partial charge on any atom is -0.353 e. The van der Waals surface area contributed by atoms with Crippen molar-refractivity contribution < 1.29 is 8.42 Å². The van der Waals surface area contributed by atoms with Gasteiger partial charge in [-0.1, -0.05) is 11.6 Å². The van der Waals surface area contributed by atoms with E-state index in [0.717, 1.165) is 16.7 Å². The zero-order valence-corrected chi connectivity index (χ0v) is 16.9. The lowest BCUT2D eigenvalue weighted by Gasteiger charge is -2.34. The van der Waals surface area contributed by atoms with E-state index >= 15 is 0 Å². The lowest BCUT2D eigenvalue weighted by Crippen LogP contribution is -2.49. The van der Waals surface area contributed by atoms with Crippen molar-refractivity contribution in [2.24, 2.45) is 0 Å². The minimum atomic E-state index is -3.61. The number of anilines is 1. The van der Waals surface area contributed by atoms with Crippen LogP contribution in [0.15, 0.2) is 53.9 Å². The van der Waals surface area contributed by atoms with Gasteiger partial charge in [-0.15, -0.1) is 0 Å². The first-order valence-electron chi connectivity index (χ1n) is 9.11. The van der Waals surface area contributed by atoms with Gasteiger partial charge in [0.05, 0.1) is 5.52 Å². The fourth-order valence-corrected chi connectivity index (χ4v) is 5.43. The molecule has 5 rings (SSSR count). The summed E-state index contributed by atoms with van der Waals surface area (Å²) in [7, 11) is -3.61. The van der Waals surface area contributed by atoms with Crippen LogP contribution in [-0.4, -0.2) is 58.8 Å². The first-order valence-corrected chi connectivity index (χ1v) is 10.9. The standard InChI is InChI=1S/C19H17ClN6O2S/c20-13-3-4-14-16(10-13)23-12-24-19(14)25-6-8-26(9-7-25)29(27,28)17-11-22-18-15(17)2-1-5-21-18/h1-5,10-12H,6-9H2,(H,21,22). The molecule has 3 aromatic heterocycles. The highest BCUT2D eigenvalue weighted by molar-refractivity contribution is 7.89. The molecule has 1 aliphatic heterocycles. The van der Waals surface area contributed by atoms with E-state index in [2.05, 4.69) is 24.8 Å². The SMILES string of the molecule is O=S(=O)(c1c[nH]c2ncccc12)N1CCN(c2ncnc3cc(Cl)ccc23)CC1. The van der Waals surface area contributed by atoms with Crippen molar-refractivity contribution in [3.05, 3.63) is 54.1 Å². The molecule has 0 saturated carbocycles. The molecule has 4 aromatic rings. The Morgan fingerprint density at radius 3 is 2.66 bits per heavy atom. The number of nitrogens with one attached hydrogen (secondary N) is 1. The van der Waals surface area contributed by atoms with Crippen molar-refractivity contribution in [1.82, 2.24) is 24.2 Å². The quantitative estimate of drug-likeness (QED) is 0.539. The van der Waals surface area contributed by atoms with Gasteiger partial charge in [0.15, 0.2) is 0 Å². The van der Waals surface area contributed by atoms with Gasteiger partial charge < -0.3 is 9.88 Å². The number of nitrogens with zero attached hydrogens (tertiary/aromatic N) is 5. The Morgan fingerprint density at radius 1 is 1.00 bits per heavy atom. The maximum atomic E-state index is 13.2. The number of pyridine rings is 1. The van der Waals surface area contributed by atoms with Crippen LogP contribution < -0.4 is 4.90 Å². The summed E-state index contributed by atoms with van der Waals surface area (Å²) in [4.78, 5) is 18.2. The van der Waals surface area contributed by atoms with Gasteiger partial charge >= 0.3 is 0 Å². The summed E-state index contributed by atoms with van der Waals surface area (Å²) in [6.45, 7) is 1.81. The number of benzene rings is 1. The molecule has 148 valence electrons. The molecule has 1 aliphatic rings. The number of piperazine rings is 1. The second kappa shape index (κ2) is 6.94. The van der Waals surface area contributed by atoms with Crippen LogP contribution in [0.2, 0.25) is 5.02 Å². The van der Waals surface area contributed by atoms with Gasteiger partial charge in [-0.3, -0.25) is 0 Å². The van der Waals surface area contributed by atoms with Gasteiger partial charge in [0.2, 0.25) is 10.0 Å². The molecule has 4 heterocycles. The predicted octanol–water partition coefficient (Wildman–Crippen LogP) is 2.67. The maximum Gasteiger partial charge on any atom is 0.245 e. The van der Waals surface area contributed by atoms with Gasteiger partial charge in [0.1, 0.15) is 22.7 Å². The summed E-state index contributed by atoms with van der Waals surface area (Å²) in [6.07, 6.45) is 4.66. The van der Waals surface area contributed by atoms with E-state index in [0.29, 0.717) is 42.2 Å². The summed E-state index contributed by atoms with van der Waals surface area (Å²) >= 11 is 6.06. The van der Waals surface area contributed by atoms with Crippen LogP contribution in [0, 0.1) is 0 Å². The van der Waals surface area contributed by atoms with Gasteiger partial charge in [0, 0.05) is 54.4 Å². The van der Waals surface area contributed by atoms with Crippen molar-refractivity contribution >= 4 is 49.4 Å². The monoisotopic (exact) mass is 428 g/mol. The fourth-order valence-electron chi connectivity index (χ4n) is 3.69. The molecule has 1 saturated heterocycles. The Hall–Kier alpha value is -2.75. The second-order valence-electron chi connectivity index (χ2n) is 6.80. The maximum absolute atomic E-state index is 13.2. The van der Waals surface area contributed by atoms with Crippen LogP contribution in [0.5, 0.6) is 0 Å². The molecule has 8 nitrogen and oxygen atoms in total. The van der Waals surface area contributed by atoms with Crippen LogP contribution in [-0.2, 0) is 10.0 Å². The summed E-state index contributed by atoms with van der Waals surface area (Å²) < 4.78 is 27.9. The smallest absolute Gasteiger partial charge is 0.245 e. The summed E-state index contributed by atoms with van der Waals surface area (Å²) in [5.41, 5.74) is 1.33. The Morgan fingerprint density at radius 2 is 1.83 bits per heavy atom. The van der Waals surface area contributed by atoms with E-state index in [4.69, 9.17) is 11.6 Å². The van der Waals surface area contributed by atoms with Crippen molar-refractivity contribution in [3.8, 4) is 0 Å². The Balaban J connectivity index is 1.41. The molecule has 0 atom stereocenters. The fraction of sp³-hybridized carbons (Fsp3) is 0.211. The third kappa shape index (κ3) is 3.11. The lowest BCUT2D eigenvalue weighted by molar-refractivity contribution is 0.384. The molecule has 0 amide bonds. The lowest BCUT2D eigenvalue weighted by atomic mass is 10.2. The Labute approximate surface area is 172 Å². The van der Waals surface area contributed by atoms with Crippen LogP contribution in [0.4, 0.5) is 5.82 Å². The molecular weight excluding hydrogens is 412 g/mol. The average molecular weight is 429 g/mol. The number of hydrogen-bond donors (Lipinski definition) is 1. The molecule has 10 heteroatoms. The molecule has 1 N–H and O–H groups in total. The number of hydrogen-bond acceptors (Lipinski definition) is 6. The summed E-state index contributed by atoms with van der Waals surface area (Å²) in [6, 6.07) is 9.01. The number of aromatic nitrogens is 4. The van der Waals surface area contributed by atoms with Crippen molar-refractivity contribution in [1.29, 1.82) is 0 Å². The molecule has 0 radical (unpaired) electrons. The highest BCUT2D eigenvalue weighted by Gasteiger charge is 2.31. The van der Waals surface area contributed by atoms with Gasteiger partial charge in [-0.25, -0.2) is 23.4 Å². The number of sulfonamides is 1. The van der Waals surface area contributed by atoms with Gasteiger partial charge in [0.25, 0.3) is 0 Å².